The van der Waals surface area contributed by atoms with E-state index in [1.165, 1.54) is 24.2 Å². The lowest BCUT2D eigenvalue weighted by Gasteiger charge is -2.33. The molecule has 1 fully saturated rings. The Bertz CT molecular complexity index is 745. The van der Waals surface area contributed by atoms with E-state index in [2.05, 4.69) is 26.5 Å². The fourth-order valence-electron chi connectivity index (χ4n) is 2.85. The Labute approximate surface area is 159 Å². The molecule has 10 heteroatoms. The van der Waals surface area contributed by atoms with Crippen molar-refractivity contribution in [3.05, 3.63) is 22.9 Å². The molecule has 3 rings (SSSR count). The van der Waals surface area contributed by atoms with Gasteiger partial charge < -0.3 is 9.63 Å². The van der Waals surface area contributed by atoms with Crippen LogP contribution in [0.2, 0.25) is 0 Å². The Kier molecular flexibility index (Phi) is 6.19. The van der Waals surface area contributed by atoms with Crippen molar-refractivity contribution in [2.24, 2.45) is 5.92 Å². The van der Waals surface area contributed by atoms with Gasteiger partial charge in [-0.3, -0.25) is 9.80 Å². The minimum atomic E-state index is -4.65. The van der Waals surface area contributed by atoms with Gasteiger partial charge in [-0.15, -0.1) is 11.3 Å². The van der Waals surface area contributed by atoms with Gasteiger partial charge in [0.2, 0.25) is 5.82 Å². The Morgan fingerprint density at radius 1 is 1.37 bits per heavy atom. The van der Waals surface area contributed by atoms with Gasteiger partial charge in [0, 0.05) is 24.5 Å². The van der Waals surface area contributed by atoms with E-state index in [1.54, 1.807) is 12.1 Å². The Balaban J connectivity index is 1.63. The fraction of sp³-hybridized carbons (Fsp3) is 0.647. The monoisotopic (exact) mass is 404 g/mol. The van der Waals surface area contributed by atoms with Crippen molar-refractivity contribution in [3.63, 3.8) is 0 Å². The van der Waals surface area contributed by atoms with Crippen LogP contribution in [-0.2, 0) is 12.7 Å². The summed E-state index contributed by atoms with van der Waals surface area (Å²) < 4.78 is 42.0. The molecule has 0 saturated heterocycles. The Morgan fingerprint density at radius 3 is 2.70 bits per heavy atom. The van der Waals surface area contributed by atoms with E-state index in [-0.39, 0.29) is 5.82 Å². The molecule has 6 nitrogen and oxygen atoms in total. The molecule has 0 spiro atoms. The number of thiophene rings is 1. The van der Waals surface area contributed by atoms with E-state index in [0.29, 0.717) is 17.3 Å². The van der Waals surface area contributed by atoms with E-state index in [9.17, 15) is 18.3 Å². The van der Waals surface area contributed by atoms with Gasteiger partial charge in [0.15, 0.2) is 6.35 Å². The van der Waals surface area contributed by atoms with E-state index in [1.807, 2.05) is 11.9 Å². The van der Waals surface area contributed by atoms with Crippen LogP contribution in [0.1, 0.15) is 37.0 Å². The summed E-state index contributed by atoms with van der Waals surface area (Å²) in [5, 5.41) is 14.1. The molecule has 1 atom stereocenters. The van der Waals surface area contributed by atoms with Crippen LogP contribution in [-0.4, -0.2) is 51.5 Å². The maximum Gasteiger partial charge on any atom is 0.471 e. The average molecular weight is 404 g/mol. The number of nitrogens with zero attached hydrogens (tertiary/aromatic N) is 4. The summed E-state index contributed by atoms with van der Waals surface area (Å²) in [4.78, 5) is 8.69. The topological polar surface area (TPSA) is 65.6 Å². The second-order valence-electron chi connectivity index (χ2n) is 6.89. The van der Waals surface area contributed by atoms with Crippen LogP contribution in [0.15, 0.2) is 16.7 Å². The molecular weight excluding hydrogens is 381 g/mol. The van der Waals surface area contributed by atoms with Gasteiger partial charge >= 0.3 is 12.1 Å². The zero-order valence-corrected chi connectivity index (χ0v) is 16.1. The van der Waals surface area contributed by atoms with Crippen LogP contribution in [0.3, 0.4) is 0 Å². The fourth-order valence-corrected chi connectivity index (χ4v) is 3.85. The molecule has 2 heterocycles. The smallest absolute Gasteiger partial charge is 0.365 e. The van der Waals surface area contributed by atoms with Gasteiger partial charge in [-0.2, -0.15) is 18.2 Å². The molecule has 2 aromatic rings. The molecule has 0 aromatic carbocycles. The normalized spacial score (nSPS) is 16.4. The van der Waals surface area contributed by atoms with Gasteiger partial charge in [-0.25, -0.2) is 0 Å². The quantitative estimate of drug-likeness (QED) is 0.644. The molecule has 0 aliphatic heterocycles. The van der Waals surface area contributed by atoms with E-state index < -0.39 is 18.4 Å². The predicted molar refractivity (Wildman–Crippen MR) is 94.7 cm³/mol. The first-order valence-corrected chi connectivity index (χ1v) is 9.72. The number of rotatable bonds is 9. The number of alkyl halides is 3. The molecule has 0 amide bonds. The zero-order valence-electron chi connectivity index (χ0n) is 15.2. The maximum atomic E-state index is 12.6. The number of hydrogen-bond donors (Lipinski definition) is 1. The first-order chi connectivity index (χ1) is 12.8. The largest absolute Gasteiger partial charge is 0.471 e. The number of halogens is 3. The summed E-state index contributed by atoms with van der Waals surface area (Å²) in [5.41, 5.74) is 0. The van der Waals surface area contributed by atoms with Crippen molar-refractivity contribution in [2.45, 2.75) is 45.3 Å². The molecule has 0 bridgehead atoms. The summed E-state index contributed by atoms with van der Waals surface area (Å²) in [7, 11) is 1.83. The predicted octanol–water partition coefficient (Wildman–Crippen LogP) is 3.65. The minimum absolute atomic E-state index is 0.0804. The second kappa shape index (κ2) is 8.26. The van der Waals surface area contributed by atoms with Gasteiger partial charge in [-0.1, -0.05) is 12.1 Å². The van der Waals surface area contributed by atoms with Crippen molar-refractivity contribution in [1.82, 2.24) is 19.9 Å². The van der Waals surface area contributed by atoms with Gasteiger partial charge in [0.1, 0.15) is 0 Å². The third-order valence-electron chi connectivity index (χ3n) is 4.38. The Hall–Kier alpha value is -1.49. The number of aliphatic hydroxyl groups excluding tert-OH is 1. The molecule has 0 radical (unpaired) electrons. The highest BCUT2D eigenvalue weighted by Gasteiger charge is 2.38. The molecule has 2 aromatic heterocycles. The highest BCUT2D eigenvalue weighted by Crippen LogP contribution is 2.33. The summed E-state index contributed by atoms with van der Waals surface area (Å²) in [6.07, 6.45) is -1.95. The lowest BCUT2D eigenvalue weighted by Crippen LogP contribution is -2.47. The maximum absolute atomic E-state index is 12.6. The first-order valence-electron chi connectivity index (χ1n) is 8.90. The average Bonchev–Trinajstić information content (AvgIpc) is 3.09. The van der Waals surface area contributed by atoms with Gasteiger partial charge in [0.25, 0.3) is 0 Å². The molecule has 1 N–H and O–H groups in total. The molecular formula is C17H23F3N4O2S. The molecule has 1 aliphatic carbocycles. The summed E-state index contributed by atoms with van der Waals surface area (Å²) in [6, 6.07) is 3.47. The van der Waals surface area contributed by atoms with Crippen LogP contribution < -0.4 is 0 Å². The molecule has 1 aliphatic rings. The third-order valence-corrected chi connectivity index (χ3v) is 5.44. The van der Waals surface area contributed by atoms with Crippen molar-refractivity contribution >= 4 is 11.3 Å². The lowest BCUT2D eigenvalue weighted by atomic mass is 10.3. The first kappa shape index (κ1) is 20.2. The zero-order chi connectivity index (χ0) is 19.6. The van der Waals surface area contributed by atoms with Crippen LogP contribution in [0.4, 0.5) is 13.2 Å². The third kappa shape index (κ3) is 5.28. The molecule has 1 unspecified atom stereocenters. The van der Waals surface area contributed by atoms with Crippen LogP contribution >= 0.6 is 11.3 Å². The van der Waals surface area contributed by atoms with Crippen molar-refractivity contribution in [2.75, 3.05) is 20.1 Å². The minimum Gasteiger partial charge on any atom is -0.365 e. The standard InChI is InChI=1S/C17H23F3N4O2S/c1-3-8-24(9-11-4-5-11)16(25)23(2)10-12-6-7-13(27-12)14-21-15(26-22-14)17(18,19)20/h6-7,11,16,25H,3-5,8-10H2,1-2H3. The Morgan fingerprint density at radius 2 is 2.11 bits per heavy atom. The SMILES string of the molecule is CCCN(CC1CC1)C(O)N(C)Cc1ccc(-c2noc(C(F)(F)F)n2)s1. The molecule has 27 heavy (non-hydrogen) atoms. The van der Waals surface area contributed by atoms with Crippen LogP contribution in [0.5, 0.6) is 0 Å². The summed E-state index contributed by atoms with van der Waals surface area (Å²) >= 11 is 1.28. The van der Waals surface area contributed by atoms with Crippen LogP contribution in [0.25, 0.3) is 10.7 Å². The van der Waals surface area contributed by atoms with Gasteiger partial charge in [0.05, 0.1) is 4.88 Å². The second-order valence-corrected chi connectivity index (χ2v) is 8.06. The van der Waals surface area contributed by atoms with Crippen molar-refractivity contribution in [3.8, 4) is 10.7 Å². The van der Waals surface area contributed by atoms with Crippen molar-refractivity contribution < 1.29 is 22.8 Å². The van der Waals surface area contributed by atoms with Crippen molar-refractivity contribution in [1.29, 1.82) is 0 Å². The van der Waals surface area contributed by atoms with Gasteiger partial charge in [-0.05, 0) is 44.4 Å². The lowest BCUT2D eigenvalue weighted by molar-refractivity contribution is -0.159. The highest BCUT2D eigenvalue weighted by atomic mass is 32.1. The molecule has 150 valence electrons. The summed E-state index contributed by atoms with van der Waals surface area (Å²) in [5.74, 6) is -0.757. The van der Waals surface area contributed by atoms with Crippen LogP contribution in [0, 0.1) is 5.92 Å². The van der Waals surface area contributed by atoms with E-state index in [4.69, 9.17) is 0 Å². The number of aliphatic hydroxyl groups is 1. The molecule has 1 saturated carbocycles. The summed E-state index contributed by atoms with van der Waals surface area (Å²) in [6.45, 7) is 4.26. The van der Waals surface area contributed by atoms with E-state index in [0.717, 1.165) is 24.4 Å². The number of aromatic nitrogens is 2. The highest BCUT2D eigenvalue weighted by molar-refractivity contribution is 7.15. The van der Waals surface area contributed by atoms with E-state index >= 15 is 0 Å². The number of hydrogen-bond acceptors (Lipinski definition) is 7.